The first-order valence-electron chi connectivity index (χ1n) is 5.45. The minimum Gasteiger partial charge on any atom is -0.361 e. The van der Waals surface area contributed by atoms with E-state index in [-0.39, 0.29) is 5.75 Å². The normalized spacial score (nSPS) is 28.1. The predicted molar refractivity (Wildman–Crippen MR) is 58.9 cm³/mol. The van der Waals surface area contributed by atoms with Crippen LogP contribution in [0, 0.1) is 0 Å². The third-order valence-corrected chi connectivity index (χ3v) is 4.59. The van der Waals surface area contributed by atoms with E-state index in [1.54, 1.807) is 0 Å². The van der Waals surface area contributed by atoms with Gasteiger partial charge in [-0.3, -0.25) is 0 Å². The molecule has 0 N–H and O–H groups in total. The molecule has 0 spiro atoms. The van der Waals surface area contributed by atoms with E-state index in [0.717, 1.165) is 37.0 Å². The average Bonchev–Trinajstić information content (AvgIpc) is 2.63. The number of hydrogen-bond donors (Lipinski definition) is 0. The molecule has 1 fully saturated rings. The molecule has 4 rings (SSSR count). The van der Waals surface area contributed by atoms with Crippen LogP contribution in [0.1, 0.15) is 54.5 Å². The summed E-state index contributed by atoms with van der Waals surface area (Å²) in [6.45, 7) is 0. The van der Waals surface area contributed by atoms with Crippen molar-refractivity contribution in [2.24, 2.45) is 0 Å². The van der Waals surface area contributed by atoms with Gasteiger partial charge in [0.2, 0.25) is 9.05 Å². The third-order valence-electron chi connectivity index (χ3n) is 3.65. The number of halogens is 1. The Bertz CT molecular complexity index is 514. The van der Waals surface area contributed by atoms with Crippen LogP contribution in [-0.2, 0) is 14.8 Å². The SMILES string of the molecule is O=S(=O)(Cl)Cc1noc2c1C1CCC2CC1. The largest absolute Gasteiger partial charge is 0.361 e. The minimum atomic E-state index is -3.55. The lowest BCUT2D eigenvalue weighted by Gasteiger charge is -2.34. The summed E-state index contributed by atoms with van der Waals surface area (Å²) >= 11 is 0. The fourth-order valence-electron chi connectivity index (χ4n) is 2.99. The lowest BCUT2D eigenvalue weighted by Crippen LogP contribution is -2.21. The molecule has 1 aromatic rings. The van der Waals surface area contributed by atoms with Crippen LogP contribution in [0.4, 0.5) is 0 Å². The number of nitrogens with zero attached hydrogens (tertiary/aromatic N) is 1. The summed E-state index contributed by atoms with van der Waals surface area (Å²) in [4.78, 5) is 0. The molecule has 0 radical (unpaired) electrons. The molecule has 0 aliphatic heterocycles. The summed E-state index contributed by atoms with van der Waals surface area (Å²) in [5.41, 5.74) is 1.56. The average molecular weight is 262 g/mol. The van der Waals surface area contributed by atoms with Crippen molar-refractivity contribution < 1.29 is 12.9 Å². The van der Waals surface area contributed by atoms with Gasteiger partial charge in [0, 0.05) is 22.2 Å². The van der Waals surface area contributed by atoms with Gasteiger partial charge in [0.05, 0.1) is 0 Å². The van der Waals surface area contributed by atoms with Crippen molar-refractivity contribution in [3.05, 3.63) is 17.0 Å². The molecule has 1 heterocycles. The molecule has 88 valence electrons. The summed E-state index contributed by atoms with van der Waals surface area (Å²) in [6.07, 6.45) is 4.52. The number of fused-ring (bicyclic) bond motifs is 2. The molecule has 2 bridgehead atoms. The molecule has 0 unspecified atom stereocenters. The lowest BCUT2D eigenvalue weighted by molar-refractivity contribution is 0.278. The van der Waals surface area contributed by atoms with E-state index in [4.69, 9.17) is 15.2 Å². The van der Waals surface area contributed by atoms with Gasteiger partial charge in [-0.15, -0.1) is 0 Å². The van der Waals surface area contributed by atoms with E-state index in [9.17, 15) is 8.42 Å². The predicted octanol–water partition coefficient (Wildman–Crippen LogP) is 2.50. The Morgan fingerprint density at radius 3 is 2.50 bits per heavy atom. The Hall–Kier alpha value is -0.550. The second-order valence-electron chi connectivity index (χ2n) is 4.64. The molecular formula is C10H12ClNO3S. The molecule has 16 heavy (non-hydrogen) atoms. The van der Waals surface area contributed by atoms with Crippen molar-refractivity contribution in [1.82, 2.24) is 5.16 Å². The molecule has 1 aromatic heterocycles. The molecule has 4 nitrogen and oxygen atoms in total. The second kappa shape index (κ2) is 3.47. The smallest absolute Gasteiger partial charge is 0.238 e. The van der Waals surface area contributed by atoms with Crippen LogP contribution in [0.5, 0.6) is 0 Å². The maximum absolute atomic E-state index is 11.1. The van der Waals surface area contributed by atoms with Crippen LogP contribution < -0.4 is 0 Å². The number of hydrogen-bond acceptors (Lipinski definition) is 4. The van der Waals surface area contributed by atoms with Crippen molar-refractivity contribution in [2.45, 2.75) is 43.3 Å². The van der Waals surface area contributed by atoms with Gasteiger partial charge in [-0.2, -0.15) is 0 Å². The van der Waals surface area contributed by atoms with Gasteiger partial charge < -0.3 is 4.52 Å². The van der Waals surface area contributed by atoms with Gasteiger partial charge in [0.1, 0.15) is 17.2 Å². The van der Waals surface area contributed by atoms with Crippen molar-refractivity contribution in [1.29, 1.82) is 0 Å². The fourth-order valence-corrected chi connectivity index (χ4v) is 3.83. The van der Waals surface area contributed by atoms with E-state index in [2.05, 4.69) is 5.16 Å². The van der Waals surface area contributed by atoms with Gasteiger partial charge in [0.15, 0.2) is 0 Å². The van der Waals surface area contributed by atoms with Gasteiger partial charge in [0.25, 0.3) is 0 Å². The number of rotatable bonds is 2. The zero-order valence-electron chi connectivity index (χ0n) is 8.65. The van der Waals surface area contributed by atoms with Gasteiger partial charge in [-0.05, 0) is 31.6 Å². The molecule has 1 saturated carbocycles. The number of aromatic nitrogens is 1. The molecule has 6 heteroatoms. The molecule has 0 saturated heterocycles. The van der Waals surface area contributed by atoms with Gasteiger partial charge in [-0.1, -0.05) is 5.16 Å². The quantitative estimate of drug-likeness (QED) is 0.768. The summed E-state index contributed by atoms with van der Waals surface area (Å²) in [5.74, 6) is 1.58. The highest BCUT2D eigenvalue weighted by Gasteiger charge is 2.39. The summed E-state index contributed by atoms with van der Waals surface area (Å²) in [6, 6.07) is 0. The second-order valence-corrected chi connectivity index (χ2v) is 7.42. The summed E-state index contributed by atoms with van der Waals surface area (Å²) in [7, 11) is 1.71. The molecule has 0 amide bonds. The van der Waals surface area contributed by atoms with Crippen LogP contribution in [0.2, 0.25) is 0 Å². The molecule has 0 aromatic carbocycles. The maximum atomic E-state index is 11.1. The Balaban J connectivity index is 2.04. The van der Waals surface area contributed by atoms with Gasteiger partial charge in [-0.25, -0.2) is 8.42 Å². The summed E-state index contributed by atoms with van der Waals surface area (Å²) < 4.78 is 27.4. The van der Waals surface area contributed by atoms with Crippen LogP contribution in [0.3, 0.4) is 0 Å². The van der Waals surface area contributed by atoms with Crippen molar-refractivity contribution >= 4 is 19.7 Å². The van der Waals surface area contributed by atoms with E-state index < -0.39 is 9.05 Å². The molecule has 3 aliphatic rings. The van der Waals surface area contributed by atoms with E-state index in [1.165, 1.54) is 0 Å². The van der Waals surface area contributed by atoms with Crippen LogP contribution in [-0.4, -0.2) is 13.6 Å². The van der Waals surface area contributed by atoms with Crippen LogP contribution in [0.25, 0.3) is 0 Å². The monoisotopic (exact) mass is 261 g/mol. The van der Waals surface area contributed by atoms with Crippen LogP contribution >= 0.6 is 10.7 Å². The molecule has 3 aliphatic carbocycles. The van der Waals surface area contributed by atoms with E-state index >= 15 is 0 Å². The Labute approximate surface area is 98.4 Å². The molecular weight excluding hydrogens is 250 g/mol. The third kappa shape index (κ3) is 1.66. The fraction of sp³-hybridized carbons (Fsp3) is 0.700. The Morgan fingerprint density at radius 1 is 1.25 bits per heavy atom. The molecule has 0 atom stereocenters. The highest BCUT2D eigenvalue weighted by atomic mass is 35.7. The Kier molecular flexibility index (Phi) is 2.30. The standard InChI is InChI=1S/C10H12ClNO3S/c11-16(13,14)5-8-9-6-1-3-7(4-2-6)10(9)15-12-8/h6-7H,1-5H2. The van der Waals surface area contributed by atoms with Crippen molar-refractivity contribution in [3.63, 3.8) is 0 Å². The topological polar surface area (TPSA) is 60.2 Å². The van der Waals surface area contributed by atoms with Crippen LogP contribution in [0.15, 0.2) is 4.52 Å². The first kappa shape index (κ1) is 10.6. The van der Waals surface area contributed by atoms with Gasteiger partial charge >= 0.3 is 0 Å². The first-order chi connectivity index (χ1) is 7.54. The highest BCUT2D eigenvalue weighted by Crippen LogP contribution is 2.50. The van der Waals surface area contributed by atoms with E-state index in [0.29, 0.717) is 17.5 Å². The maximum Gasteiger partial charge on any atom is 0.238 e. The zero-order valence-corrected chi connectivity index (χ0v) is 10.2. The van der Waals surface area contributed by atoms with Crippen molar-refractivity contribution in [3.8, 4) is 0 Å². The summed E-state index contributed by atoms with van der Waals surface area (Å²) in [5, 5.41) is 3.89. The minimum absolute atomic E-state index is 0.212. The zero-order chi connectivity index (χ0) is 11.3. The Morgan fingerprint density at radius 2 is 1.88 bits per heavy atom. The van der Waals surface area contributed by atoms with Crippen molar-refractivity contribution in [2.75, 3.05) is 0 Å². The van der Waals surface area contributed by atoms with E-state index in [1.807, 2.05) is 0 Å². The lowest BCUT2D eigenvalue weighted by atomic mass is 9.70. The first-order valence-corrected chi connectivity index (χ1v) is 7.93. The highest BCUT2D eigenvalue weighted by molar-refractivity contribution is 8.13.